The quantitative estimate of drug-likeness (QED) is 0.0385. The average Bonchev–Trinajstić information content (AvgIpc) is 3.07. The Morgan fingerprint density at radius 1 is 0.556 bits per heavy atom. The van der Waals surface area contributed by atoms with Crippen molar-refractivity contribution in [1.29, 1.82) is 0 Å². The van der Waals surface area contributed by atoms with Crippen LogP contribution in [0.1, 0.15) is 26.7 Å². The topological polar surface area (TPSA) is 71.1 Å². The Hall–Kier alpha value is -4.05. The van der Waals surface area contributed by atoms with Crippen LogP contribution in [-0.4, -0.2) is 22.8 Å². The lowest BCUT2D eigenvalue weighted by Crippen LogP contribution is -2.12. The van der Waals surface area contributed by atoms with Gasteiger partial charge in [0.15, 0.2) is 10.9 Å². The van der Waals surface area contributed by atoms with E-state index < -0.39 is 11.9 Å². The van der Waals surface area contributed by atoms with E-state index in [1.807, 2.05) is 98.8 Å². The first-order chi connectivity index (χ1) is 22.0. The van der Waals surface area contributed by atoms with E-state index in [4.69, 9.17) is 18.9 Å². The van der Waals surface area contributed by atoms with Crippen LogP contribution < -0.4 is 9.47 Å². The minimum Gasteiger partial charge on any atom is -0.465 e. The molecule has 4 aromatic carbocycles. The maximum Gasteiger partial charge on any atom is 0.335 e. The van der Waals surface area contributed by atoms with Gasteiger partial charge in [-0.05, 0) is 85.6 Å². The third-order valence-electron chi connectivity index (χ3n) is 5.88. The van der Waals surface area contributed by atoms with Crippen LogP contribution in [0, 0.1) is 0 Å². The predicted octanol–water partition coefficient (Wildman–Crippen LogP) is 9.77. The van der Waals surface area contributed by atoms with Crippen molar-refractivity contribution >= 4 is 47.2 Å². The summed E-state index contributed by atoms with van der Waals surface area (Å²) in [5.74, 6) is 0.401. The Morgan fingerprint density at radius 3 is 1.27 bits per heavy atom. The van der Waals surface area contributed by atoms with Crippen molar-refractivity contribution in [1.82, 2.24) is 0 Å². The van der Waals surface area contributed by atoms with Gasteiger partial charge < -0.3 is 18.9 Å². The fourth-order valence-electron chi connectivity index (χ4n) is 3.67. The number of rotatable bonds is 16. The zero-order chi connectivity index (χ0) is 31.7. The first-order valence-corrected chi connectivity index (χ1v) is 17.0. The van der Waals surface area contributed by atoms with E-state index in [0.717, 1.165) is 19.6 Å². The van der Waals surface area contributed by atoms with Gasteiger partial charge in [-0.15, -0.1) is 0 Å². The lowest BCUT2D eigenvalue weighted by Gasteiger charge is -2.15. The Bertz CT molecular complexity index is 1410. The van der Waals surface area contributed by atoms with Gasteiger partial charge >= 0.3 is 11.9 Å². The molecule has 0 fully saturated rings. The monoisotopic (exact) mass is 658 g/mol. The third kappa shape index (κ3) is 12.5. The highest BCUT2D eigenvalue weighted by molar-refractivity contribution is 8.00. The molecule has 0 bridgehead atoms. The molecule has 0 heterocycles. The molecule has 45 heavy (non-hydrogen) atoms. The molecular weight excluding hydrogens is 625 g/mol. The summed E-state index contributed by atoms with van der Waals surface area (Å²) in [6.45, 7) is 3.96. The van der Waals surface area contributed by atoms with Crippen molar-refractivity contribution in [2.24, 2.45) is 0 Å². The number of hydrogen-bond donors (Lipinski definition) is 0. The number of esters is 2. The van der Waals surface area contributed by atoms with Gasteiger partial charge in [-0.25, -0.2) is 9.59 Å². The summed E-state index contributed by atoms with van der Waals surface area (Å²) < 4.78 is 22.0. The molecule has 0 amide bonds. The van der Waals surface area contributed by atoms with Gasteiger partial charge in [0, 0.05) is 19.6 Å². The van der Waals surface area contributed by atoms with Crippen LogP contribution in [0.25, 0.3) is 0 Å². The smallest absolute Gasteiger partial charge is 0.335 e. The molecule has 0 aromatic heterocycles. The highest BCUT2D eigenvalue weighted by Gasteiger charge is 2.14. The number of para-hydroxylation sites is 2. The number of hydrogen-bond acceptors (Lipinski definition) is 9. The molecule has 9 heteroatoms. The Morgan fingerprint density at radius 2 is 0.911 bits per heavy atom. The molecular formula is C36H34O6S3. The maximum atomic E-state index is 12.2. The van der Waals surface area contributed by atoms with E-state index >= 15 is 0 Å². The molecule has 6 nitrogen and oxygen atoms in total. The normalized spacial score (nSPS) is 12.5. The Kier molecular flexibility index (Phi) is 14.1. The predicted molar refractivity (Wildman–Crippen MR) is 181 cm³/mol. The highest BCUT2D eigenvalue weighted by Crippen LogP contribution is 2.34. The molecule has 0 aliphatic heterocycles. The van der Waals surface area contributed by atoms with Crippen LogP contribution in [0.5, 0.6) is 11.5 Å². The van der Waals surface area contributed by atoms with Crippen molar-refractivity contribution in [2.45, 2.75) is 57.1 Å². The van der Waals surface area contributed by atoms with E-state index in [-0.39, 0.29) is 10.9 Å². The van der Waals surface area contributed by atoms with Gasteiger partial charge in [0.25, 0.3) is 0 Å². The Balaban J connectivity index is 1.21. The SMILES string of the molecule is CCC(OC(=O)/C=C/Oc1ccccc1)Sc1ccc(Sc2ccc(SC(CC)OC(=O)/C=C/Oc3ccccc3)cc2)cc1. The lowest BCUT2D eigenvalue weighted by atomic mass is 10.3. The molecule has 4 aromatic rings. The van der Waals surface area contributed by atoms with E-state index in [0.29, 0.717) is 24.3 Å². The minimum absolute atomic E-state index is 0.313. The fourth-order valence-corrected chi connectivity index (χ4v) is 6.29. The summed E-state index contributed by atoms with van der Waals surface area (Å²) in [5, 5.41) is 0. The summed E-state index contributed by atoms with van der Waals surface area (Å²) in [6.07, 6.45) is 6.59. The van der Waals surface area contributed by atoms with Crippen LogP contribution >= 0.6 is 35.3 Å². The highest BCUT2D eigenvalue weighted by atomic mass is 32.2. The van der Waals surface area contributed by atoms with E-state index in [9.17, 15) is 9.59 Å². The number of carbonyl (C=O) groups excluding carboxylic acids is 2. The van der Waals surface area contributed by atoms with Gasteiger partial charge in [-0.2, -0.15) is 0 Å². The van der Waals surface area contributed by atoms with Crippen molar-refractivity contribution in [3.8, 4) is 11.5 Å². The van der Waals surface area contributed by atoms with Gasteiger partial charge in [0.1, 0.15) is 11.5 Å². The number of ether oxygens (including phenoxy) is 4. The summed E-state index contributed by atoms with van der Waals surface area (Å²) >= 11 is 4.66. The molecule has 2 unspecified atom stereocenters. The van der Waals surface area contributed by atoms with Crippen molar-refractivity contribution in [3.05, 3.63) is 134 Å². The fraction of sp³-hybridized carbons (Fsp3) is 0.167. The molecule has 0 radical (unpaired) electrons. The zero-order valence-corrected chi connectivity index (χ0v) is 27.4. The van der Waals surface area contributed by atoms with Gasteiger partial charge in [0.2, 0.25) is 0 Å². The molecule has 0 saturated heterocycles. The third-order valence-corrected chi connectivity index (χ3v) is 9.37. The molecule has 0 spiro atoms. The zero-order valence-electron chi connectivity index (χ0n) is 24.9. The molecule has 0 aliphatic rings. The first-order valence-electron chi connectivity index (χ1n) is 14.4. The average molecular weight is 659 g/mol. The Labute approximate surface area is 277 Å². The van der Waals surface area contributed by atoms with E-state index in [1.54, 1.807) is 11.8 Å². The van der Waals surface area contributed by atoms with Gasteiger partial charge in [-0.3, -0.25) is 0 Å². The number of benzene rings is 4. The van der Waals surface area contributed by atoms with Crippen molar-refractivity contribution in [2.75, 3.05) is 0 Å². The first kappa shape index (κ1) is 33.8. The second kappa shape index (κ2) is 18.7. The summed E-state index contributed by atoms with van der Waals surface area (Å²) in [5.41, 5.74) is -0.625. The van der Waals surface area contributed by atoms with Crippen LogP contribution in [0.4, 0.5) is 0 Å². The van der Waals surface area contributed by atoms with E-state index in [1.165, 1.54) is 48.2 Å². The molecule has 232 valence electrons. The number of thioether (sulfide) groups is 2. The molecule has 4 rings (SSSR count). The number of carbonyl (C=O) groups is 2. The van der Waals surface area contributed by atoms with Crippen molar-refractivity contribution in [3.63, 3.8) is 0 Å². The molecule has 0 aliphatic carbocycles. The van der Waals surface area contributed by atoms with Gasteiger partial charge in [0.05, 0.1) is 24.7 Å². The summed E-state index contributed by atoms with van der Waals surface area (Å²) in [6, 6.07) is 34.8. The second-order valence-electron chi connectivity index (χ2n) is 9.30. The van der Waals surface area contributed by atoms with Crippen LogP contribution in [0.15, 0.2) is 153 Å². The lowest BCUT2D eigenvalue weighted by molar-refractivity contribution is -0.140. The largest absolute Gasteiger partial charge is 0.465 e. The molecule has 0 N–H and O–H groups in total. The van der Waals surface area contributed by atoms with Gasteiger partial charge in [-0.1, -0.05) is 85.5 Å². The summed E-state index contributed by atoms with van der Waals surface area (Å²) in [7, 11) is 0. The molecule has 0 saturated carbocycles. The maximum absolute atomic E-state index is 12.2. The van der Waals surface area contributed by atoms with Crippen LogP contribution in [0.3, 0.4) is 0 Å². The molecule has 2 atom stereocenters. The second-order valence-corrected chi connectivity index (χ2v) is 12.9. The van der Waals surface area contributed by atoms with Crippen LogP contribution in [0.2, 0.25) is 0 Å². The van der Waals surface area contributed by atoms with Crippen LogP contribution in [-0.2, 0) is 19.1 Å². The minimum atomic E-state index is -0.451. The standard InChI is InChI=1S/C36H34O6S3/c1-3-35(41-33(37)23-25-39-27-11-7-5-8-12-27)44-31-19-15-29(16-20-31)43-30-17-21-32(22-18-30)45-36(4-2)42-34(38)24-26-40-28-13-9-6-10-14-28/h5-26,35-36H,3-4H2,1-2H3/b25-23+,26-24+. The summed E-state index contributed by atoms with van der Waals surface area (Å²) in [4.78, 5) is 28.7. The van der Waals surface area contributed by atoms with Crippen molar-refractivity contribution < 1.29 is 28.5 Å². The van der Waals surface area contributed by atoms with E-state index in [2.05, 4.69) is 24.3 Å².